The number of carbonyl (C=O) groups is 1. The molecule has 1 aromatic rings. The lowest BCUT2D eigenvalue weighted by Crippen LogP contribution is -2.31. The first-order chi connectivity index (χ1) is 9.49. The van der Waals surface area contributed by atoms with E-state index in [0.29, 0.717) is 5.75 Å². The third-order valence-corrected chi connectivity index (χ3v) is 3.50. The van der Waals surface area contributed by atoms with Gasteiger partial charge in [-0.2, -0.15) is 11.8 Å². The van der Waals surface area contributed by atoms with Crippen molar-refractivity contribution in [2.45, 2.75) is 19.4 Å². The summed E-state index contributed by atoms with van der Waals surface area (Å²) in [6.07, 6.45) is 0.237. The van der Waals surface area contributed by atoms with Gasteiger partial charge in [0.25, 0.3) is 0 Å². The van der Waals surface area contributed by atoms with Gasteiger partial charge < -0.3 is 10.4 Å². The molecule has 0 saturated carbocycles. The number of rotatable bonds is 7. The monoisotopic (exact) mass is 307 g/mol. The Morgan fingerprint density at radius 3 is 2.45 bits per heavy atom. The van der Waals surface area contributed by atoms with Crippen LogP contribution in [0.1, 0.15) is 24.9 Å². The molecule has 1 amide bonds. The Morgan fingerprint density at radius 1 is 1.35 bits per heavy atom. The standard InChI is InChI=1S/C13H16F3NO2S/c1-2-20-4-3-12(19)17-11(7-18)8-5-9(14)13(16)10(15)6-8/h5-6,11,18H,2-4,7H2,1H3,(H,17,19). The molecule has 20 heavy (non-hydrogen) atoms. The first-order valence-corrected chi connectivity index (χ1v) is 7.27. The van der Waals surface area contributed by atoms with E-state index >= 15 is 0 Å². The van der Waals surface area contributed by atoms with E-state index in [1.165, 1.54) is 0 Å². The van der Waals surface area contributed by atoms with Gasteiger partial charge in [-0.1, -0.05) is 6.92 Å². The molecule has 1 atom stereocenters. The largest absolute Gasteiger partial charge is 0.394 e. The molecule has 0 bridgehead atoms. The van der Waals surface area contributed by atoms with Gasteiger partial charge in [0.1, 0.15) is 0 Å². The van der Waals surface area contributed by atoms with Gasteiger partial charge in [0.15, 0.2) is 17.5 Å². The van der Waals surface area contributed by atoms with Gasteiger partial charge in [0, 0.05) is 12.2 Å². The summed E-state index contributed by atoms with van der Waals surface area (Å²) in [6, 6.07) is 0.569. The summed E-state index contributed by atoms with van der Waals surface area (Å²) in [6.45, 7) is 1.43. The van der Waals surface area contributed by atoms with Gasteiger partial charge in [-0.15, -0.1) is 0 Å². The fourth-order valence-corrected chi connectivity index (χ4v) is 2.20. The molecule has 0 aliphatic rings. The maximum Gasteiger partial charge on any atom is 0.221 e. The molecule has 0 aliphatic heterocycles. The van der Waals surface area contributed by atoms with Crippen LogP contribution in [0.5, 0.6) is 0 Å². The van der Waals surface area contributed by atoms with Gasteiger partial charge in [-0.25, -0.2) is 13.2 Å². The number of benzene rings is 1. The van der Waals surface area contributed by atoms with Crippen LogP contribution in [0.4, 0.5) is 13.2 Å². The Hall–Kier alpha value is -1.21. The second-order valence-corrected chi connectivity index (χ2v) is 5.44. The molecule has 0 aliphatic carbocycles. The zero-order chi connectivity index (χ0) is 15.1. The summed E-state index contributed by atoms with van der Waals surface area (Å²) >= 11 is 1.58. The van der Waals surface area contributed by atoms with Crippen molar-refractivity contribution in [2.24, 2.45) is 0 Å². The average Bonchev–Trinajstić information content (AvgIpc) is 2.42. The Kier molecular flexibility index (Phi) is 6.87. The smallest absolute Gasteiger partial charge is 0.221 e. The number of aliphatic hydroxyl groups is 1. The van der Waals surface area contributed by atoms with E-state index < -0.39 is 30.1 Å². The molecule has 7 heteroatoms. The van der Waals surface area contributed by atoms with Crippen molar-refractivity contribution >= 4 is 17.7 Å². The summed E-state index contributed by atoms with van der Waals surface area (Å²) in [7, 11) is 0. The minimum absolute atomic E-state index is 0.0135. The summed E-state index contributed by atoms with van der Waals surface area (Å²) in [4.78, 5) is 11.6. The maximum absolute atomic E-state index is 13.1. The fourth-order valence-electron chi connectivity index (χ4n) is 1.59. The Bertz CT molecular complexity index is 448. The zero-order valence-electron chi connectivity index (χ0n) is 11.0. The number of amides is 1. The lowest BCUT2D eigenvalue weighted by molar-refractivity contribution is -0.121. The molecule has 0 aromatic heterocycles. The van der Waals surface area contributed by atoms with Crippen LogP contribution in [0.2, 0.25) is 0 Å². The van der Waals surface area contributed by atoms with Crippen LogP contribution in [-0.4, -0.2) is 29.1 Å². The first-order valence-electron chi connectivity index (χ1n) is 6.12. The number of nitrogens with one attached hydrogen (secondary N) is 1. The van der Waals surface area contributed by atoms with Crippen LogP contribution in [0.3, 0.4) is 0 Å². The molecular weight excluding hydrogens is 291 g/mol. The lowest BCUT2D eigenvalue weighted by Gasteiger charge is -2.17. The normalized spacial score (nSPS) is 12.2. The van der Waals surface area contributed by atoms with E-state index in [2.05, 4.69) is 5.32 Å². The molecule has 2 N–H and O–H groups in total. The van der Waals surface area contributed by atoms with E-state index in [9.17, 15) is 23.1 Å². The first kappa shape index (κ1) is 16.8. The zero-order valence-corrected chi connectivity index (χ0v) is 11.8. The second kappa shape index (κ2) is 8.16. The van der Waals surface area contributed by atoms with Crippen molar-refractivity contribution in [3.63, 3.8) is 0 Å². The van der Waals surface area contributed by atoms with Crippen LogP contribution in [-0.2, 0) is 4.79 Å². The summed E-state index contributed by atoms with van der Waals surface area (Å²) in [5, 5.41) is 11.7. The highest BCUT2D eigenvalue weighted by Gasteiger charge is 2.18. The molecule has 0 spiro atoms. The molecule has 1 aromatic carbocycles. The van der Waals surface area contributed by atoms with Crippen LogP contribution in [0.25, 0.3) is 0 Å². The molecule has 1 unspecified atom stereocenters. The van der Waals surface area contributed by atoms with Crippen LogP contribution >= 0.6 is 11.8 Å². The highest BCUT2D eigenvalue weighted by atomic mass is 32.2. The SMILES string of the molecule is CCSCCC(=O)NC(CO)c1cc(F)c(F)c(F)c1. The highest BCUT2D eigenvalue weighted by molar-refractivity contribution is 7.99. The van der Waals surface area contributed by atoms with Crippen molar-refractivity contribution in [1.29, 1.82) is 0 Å². The van der Waals surface area contributed by atoms with Crippen LogP contribution in [0.15, 0.2) is 12.1 Å². The Morgan fingerprint density at radius 2 is 1.95 bits per heavy atom. The van der Waals surface area contributed by atoms with Gasteiger partial charge in [-0.05, 0) is 23.4 Å². The predicted molar refractivity (Wildman–Crippen MR) is 71.9 cm³/mol. The number of hydrogen-bond donors (Lipinski definition) is 2. The van der Waals surface area contributed by atoms with Crippen molar-refractivity contribution in [1.82, 2.24) is 5.32 Å². The van der Waals surface area contributed by atoms with Crippen molar-refractivity contribution in [3.8, 4) is 0 Å². The highest BCUT2D eigenvalue weighted by Crippen LogP contribution is 2.19. The van der Waals surface area contributed by atoms with E-state index in [-0.39, 0.29) is 17.9 Å². The number of aliphatic hydroxyl groups excluding tert-OH is 1. The summed E-state index contributed by atoms with van der Waals surface area (Å²) in [5.41, 5.74) is -0.0135. The molecule has 0 heterocycles. The number of halogens is 3. The molecule has 3 nitrogen and oxygen atoms in total. The van der Waals surface area contributed by atoms with Crippen molar-refractivity contribution in [2.75, 3.05) is 18.1 Å². The third kappa shape index (κ3) is 4.72. The molecule has 0 saturated heterocycles. The molecular formula is C13H16F3NO2S. The van der Waals surface area contributed by atoms with E-state index in [1.807, 2.05) is 6.92 Å². The van der Waals surface area contributed by atoms with E-state index in [1.54, 1.807) is 11.8 Å². The molecule has 0 fully saturated rings. The van der Waals surface area contributed by atoms with Gasteiger partial charge >= 0.3 is 0 Å². The summed E-state index contributed by atoms with van der Waals surface area (Å²) < 4.78 is 39.1. The molecule has 1 rings (SSSR count). The number of thioether (sulfide) groups is 1. The maximum atomic E-state index is 13.1. The molecule has 112 valence electrons. The van der Waals surface area contributed by atoms with Crippen molar-refractivity contribution < 1.29 is 23.1 Å². The predicted octanol–water partition coefficient (Wildman–Crippen LogP) is 2.40. The van der Waals surface area contributed by atoms with E-state index in [4.69, 9.17) is 0 Å². The van der Waals surface area contributed by atoms with Gasteiger partial charge in [0.2, 0.25) is 5.91 Å². The third-order valence-electron chi connectivity index (χ3n) is 2.60. The Balaban J connectivity index is 2.73. The van der Waals surface area contributed by atoms with E-state index in [0.717, 1.165) is 17.9 Å². The number of carbonyl (C=O) groups excluding carboxylic acids is 1. The van der Waals surface area contributed by atoms with Gasteiger partial charge in [0.05, 0.1) is 12.6 Å². The van der Waals surface area contributed by atoms with Crippen molar-refractivity contribution in [3.05, 3.63) is 35.1 Å². The second-order valence-electron chi connectivity index (χ2n) is 4.05. The average molecular weight is 307 g/mol. The topological polar surface area (TPSA) is 49.3 Å². The quantitative estimate of drug-likeness (QED) is 0.601. The minimum Gasteiger partial charge on any atom is -0.394 e. The fraction of sp³-hybridized carbons (Fsp3) is 0.462. The van der Waals surface area contributed by atoms with Crippen LogP contribution < -0.4 is 5.32 Å². The Labute approximate surface area is 119 Å². The lowest BCUT2D eigenvalue weighted by atomic mass is 10.1. The van der Waals surface area contributed by atoms with Crippen LogP contribution in [0, 0.1) is 17.5 Å². The summed E-state index contributed by atoms with van der Waals surface area (Å²) in [5.74, 6) is -3.12. The number of hydrogen-bond acceptors (Lipinski definition) is 3. The minimum atomic E-state index is -1.57. The molecule has 0 radical (unpaired) electrons. The van der Waals surface area contributed by atoms with Gasteiger partial charge in [-0.3, -0.25) is 4.79 Å².